The van der Waals surface area contributed by atoms with Gasteiger partial charge in [-0.2, -0.15) is 0 Å². The number of nitrogens with zero attached hydrogens (tertiary/aromatic N) is 1. The van der Waals surface area contributed by atoms with Crippen molar-refractivity contribution in [3.8, 4) is 0 Å². The molecule has 0 fully saturated rings. The number of methoxy groups -OCH3 is 1. The fourth-order valence-electron chi connectivity index (χ4n) is 1.68. The highest BCUT2D eigenvalue weighted by molar-refractivity contribution is 5.97. The number of likely N-dealkylation sites (N-methyl/N-ethyl adjacent to an activating group) is 1. The molecule has 1 unspecified atom stereocenters. The fraction of sp³-hybridized carbons (Fsp3) is 0.462. The maximum Gasteiger partial charge on any atom is 0.176 e. The molecule has 0 saturated carbocycles. The standard InChI is InChI=1S/C13H17F2NO3/c1-16(6-10(17)8-19-2)7-13(18)9-3-4-11(14)12(15)5-9/h3-5,10,17H,6-8H2,1-2H3. The molecular formula is C13H17F2NO3. The van der Waals surface area contributed by atoms with Crippen LogP contribution in [0.25, 0.3) is 0 Å². The zero-order valence-electron chi connectivity index (χ0n) is 10.9. The van der Waals surface area contributed by atoms with Crippen LogP contribution < -0.4 is 0 Å². The van der Waals surface area contributed by atoms with E-state index in [9.17, 15) is 18.7 Å². The molecule has 0 bridgehead atoms. The second-order valence-corrected chi connectivity index (χ2v) is 4.36. The SMILES string of the molecule is COCC(O)CN(C)CC(=O)c1ccc(F)c(F)c1. The summed E-state index contributed by atoms with van der Waals surface area (Å²) in [7, 11) is 3.12. The maximum atomic E-state index is 13.0. The molecule has 1 N–H and O–H groups in total. The number of halogens is 2. The van der Waals surface area contributed by atoms with Gasteiger partial charge in [0.2, 0.25) is 0 Å². The molecule has 0 aromatic heterocycles. The zero-order valence-corrected chi connectivity index (χ0v) is 10.9. The zero-order chi connectivity index (χ0) is 14.4. The molecule has 1 aromatic carbocycles. The summed E-state index contributed by atoms with van der Waals surface area (Å²) in [5.74, 6) is -2.38. The minimum Gasteiger partial charge on any atom is -0.389 e. The average Bonchev–Trinajstić information content (AvgIpc) is 2.32. The van der Waals surface area contributed by atoms with Crippen LogP contribution in [0.2, 0.25) is 0 Å². The molecule has 0 aliphatic heterocycles. The van der Waals surface area contributed by atoms with E-state index in [0.717, 1.165) is 12.1 Å². The fourth-order valence-corrected chi connectivity index (χ4v) is 1.68. The lowest BCUT2D eigenvalue weighted by Gasteiger charge is -2.19. The van der Waals surface area contributed by atoms with Crippen molar-refractivity contribution in [2.24, 2.45) is 0 Å². The lowest BCUT2D eigenvalue weighted by atomic mass is 10.1. The van der Waals surface area contributed by atoms with Crippen LogP contribution in [0.15, 0.2) is 18.2 Å². The van der Waals surface area contributed by atoms with Crippen LogP contribution in [0.4, 0.5) is 8.78 Å². The second kappa shape index (κ2) is 7.28. The van der Waals surface area contributed by atoms with Gasteiger partial charge in [0.25, 0.3) is 0 Å². The van der Waals surface area contributed by atoms with Gasteiger partial charge in [-0.25, -0.2) is 8.78 Å². The number of benzene rings is 1. The number of carbonyl (C=O) groups excluding carboxylic acids is 1. The summed E-state index contributed by atoms with van der Waals surface area (Å²) in [6.07, 6.45) is -0.701. The lowest BCUT2D eigenvalue weighted by Crippen LogP contribution is -2.35. The van der Waals surface area contributed by atoms with Crippen molar-refractivity contribution in [1.29, 1.82) is 0 Å². The molecule has 6 heteroatoms. The van der Waals surface area contributed by atoms with Crippen molar-refractivity contribution >= 4 is 5.78 Å². The molecule has 0 saturated heterocycles. The Morgan fingerprint density at radius 3 is 2.68 bits per heavy atom. The van der Waals surface area contributed by atoms with Crippen molar-refractivity contribution in [2.75, 3.05) is 33.9 Å². The van der Waals surface area contributed by atoms with Gasteiger partial charge < -0.3 is 9.84 Å². The lowest BCUT2D eigenvalue weighted by molar-refractivity contribution is 0.0427. The number of ketones is 1. The van der Waals surface area contributed by atoms with E-state index in [1.807, 2.05) is 0 Å². The van der Waals surface area contributed by atoms with Crippen LogP contribution in [0.1, 0.15) is 10.4 Å². The first-order valence-electron chi connectivity index (χ1n) is 5.77. The summed E-state index contributed by atoms with van der Waals surface area (Å²) in [6, 6.07) is 3.03. The second-order valence-electron chi connectivity index (χ2n) is 4.36. The van der Waals surface area contributed by atoms with Gasteiger partial charge in [-0.3, -0.25) is 9.69 Å². The van der Waals surface area contributed by atoms with Gasteiger partial charge in [-0.05, 0) is 25.2 Å². The van der Waals surface area contributed by atoms with Gasteiger partial charge in [-0.1, -0.05) is 0 Å². The summed E-state index contributed by atoms with van der Waals surface area (Å²) in [4.78, 5) is 13.4. The third-order valence-corrected chi connectivity index (χ3v) is 2.54. The van der Waals surface area contributed by atoms with E-state index in [4.69, 9.17) is 4.74 Å². The highest BCUT2D eigenvalue weighted by Crippen LogP contribution is 2.09. The predicted octanol–water partition coefficient (Wildman–Crippen LogP) is 1.09. The Morgan fingerprint density at radius 2 is 2.11 bits per heavy atom. The number of aliphatic hydroxyl groups excluding tert-OH is 1. The molecular weight excluding hydrogens is 256 g/mol. The molecule has 1 atom stereocenters. The largest absolute Gasteiger partial charge is 0.389 e. The minimum atomic E-state index is -1.05. The summed E-state index contributed by atoms with van der Waals surface area (Å²) in [6.45, 7) is 0.429. The molecule has 19 heavy (non-hydrogen) atoms. The number of ether oxygens (including phenoxy) is 1. The van der Waals surface area contributed by atoms with E-state index in [-0.39, 0.29) is 31.0 Å². The van der Waals surface area contributed by atoms with Crippen molar-refractivity contribution in [2.45, 2.75) is 6.10 Å². The van der Waals surface area contributed by atoms with Crippen LogP contribution in [0.3, 0.4) is 0 Å². The van der Waals surface area contributed by atoms with Gasteiger partial charge in [0, 0.05) is 19.2 Å². The minimum absolute atomic E-state index is 0.00580. The Kier molecular flexibility index (Phi) is 6.01. The smallest absolute Gasteiger partial charge is 0.176 e. The summed E-state index contributed by atoms with van der Waals surface area (Å²) < 4.78 is 30.5. The molecule has 0 aliphatic carbocycles. The first kappa shape index (κ1) is 15.7. The van der Waals surface area contributed by atoms with Crippen LogP contribution >= 0.6 is 0 Å². The Hall–Kier alpha value is -1.37. The van der Waals surface area contributed by atoms with Gasteiger partial charge in [0.15, 0.2) is 17.4 Å². The molecule has 1 rings (SSSR count). The highest BCUT2D eigenvalue weighted by atomic mass is 19.2. The number of aliphatic hydroxyl groups is 1. The number of rotatable bonds is 7. The normalized spacial score (nSPS) is 12.7. The van der Waals surface area contributed by atoms with Crippen LogP contribution in [0, 0.1) is 11.6 Å². The summed E-state index contributed by atoms with van der Waals surface area (Å²) >= 11 is 0. The van der Waals surface area contributed by atoms with E-state index in [0.29, 0.717) is 0 Å². The van der Waals surface area contributed by atoms with Gasteiger partial charge in [-0.15, -0.1) is 0 Å². The Morgan fingerprint density at radius 1 is 1.42 bits per heavy atom. The van der Waals surface area contributed by atoms with Gasteiger partial charge in [0.1, 0.15) is 0 Å². The van der Waals surface area contributed by atoms with Crippen molar-refractivity contribution in [3.63, 3.8) is 0 Å². The molecule has 106 valence electrons. The van der Waals surface area contributed by atoms with Gasteiger partial charge >= 0.3 is 0 Å². The molecule has 0 radical (unpaired) electrons. The van der Waals surface area contributed by atoms with Crippen molar-refractivity contribution < 1.29 is 23.4 Å². The quantitative estimate of drug-likeness (QED) is 0.755. The average molecular weight is 273 g/mol. The number of hydrogen-bond donors (Lipinski definition) is 1. The summed E-state index contributed by atoms with van der Waals surface area (Å²) in [5.41, 5.74) is 0.104. The highest BCUT2D eigenvalue weighted by Gasteiger charge is 2.14. The maximum absolute atomic E-state index is 13.0. The molecule has 0 spiro atoms. The first-order valence-corrected chi connectivity index (χ1v) is 5.77. The molecule has 0 heterocycles. The van der Waals surface area contributed by atoms with Crippen molar-refractivity contribution in [3.05, 3.63) is 35.4 Å². The molecule has 4 nitrogen and oxygen atoms in total. The van der Waals surface area contributed by atoms with E-state index in [1.165, 1.54) is 13.2 Å². The molecule has 1 aromatic rings. The Labute approximate surface area is 110 Å². The number of Topliss-reactive ketones (excluding diaryl/α,β-unsaturated/α-hetero) is 1. The Balaban J connectivity index is 2.56. The number of hydrogen-bond acceptors (Lipinski definition) is 4. The topological polar surface area (TPSA) is 49.8 Å². The number of carbonyl (C=O) groups is 1. The predicted molar refractivity (Wildman–Crippen MR) is 66.1 cm³/mol. The van der Waals surface area contributed by atoms with E-state index in [1.54, 1.807) is 11.9 Å². The van der Waals surface area contributed by atoms with Gasteiger partial charge in [0.05, 0.1) is 19.3 Å². The third-order valence-electron chi connectivity index (χ3n) is 2.54. The van der Waals surface area contributed by atoms with E-state index >= 15 is 0 Å². The molecule has 0 amide bonds. The van der Waals surface area contributed by atoms with E-state index in [2.05, 4.69) is 0 Å². The van der Waals surface area contributed by atoms with Crippen LogP contribution in [-0.2, 0) is 4.74 Å². The first-order chi connectivity index (χ1) is 8.93. The van der Waals surface area contributed by atoms with E-state index < -0.39 is 17.7 Å². The van der Waals surface area contributed by atoms with Crippen LogP contribution in [0.5, 0.6) is 0 Å². The van der Waals surface area contributed by atoms with Crippen molar-refractivity contribution in [1.82, 2.24) is 4.90 Å². The summed E-state index contributed by atoms with van der Waals surface area (Å²) in [5, 5.41) is 9.50. The third kappa shape index (κ3) is 5.02. The monoisotopic (exact) mass is 273 g/mol. The van der Waals surface area contributed by atoms with Crippen LogP contribution in [-0.4, -0.2) is 55.7 Å². The molecule has 0 aliphatic rings. The Bertz CT molecular complexity index is 440.